The number of carboxylic acid groups (broad SMARTS) is 1. The summed E-state index contributed by atoms with van der Waals surface area (Å²) in [6.45, 7) is 2.29. The molecule has 2 rings (SSSR count). The van der Waals surface area contributed by atoms with Gasteiger partial charge in [0.25, 0.3) is 0 Å². The number of hydrogen-bond acceptors (Lipinski definition) is 4. The van der Waals surface area contributed by atoms with Gasteiger partial charge in [0.2, 0.25) is 0 Å². The van der Waals surface area contributed by atoms with Gasteiger partial charge in [-0.1, -0.05) is 5.16 Å². The van der Waals surface area contributed by atoms with Gasteiger partial charge in [0.1, 0.15) is 0 Å². The number of likely N-dealkylation sites (tertiary alicyclic amines) is 1. The predicted octanol–water partition coefficient (Wildman–Crippen LogP) is -0.0800. The topological polar surface area (TPSA) is 62.1 Å². The smallest absolute Gasteiger partial charge is 0.328 e. The van der Waals surface area contributed by atoms with Crippen LogP contribution in [0.5, 0.6) is 0 Å². The molecule has 0 bridgehead atoms. The number of oxime groups is 1. The van der Waals surface area contributed by atoms with Gasteiger partial charge >= 0.3 is 5.97 Å². The summed E-state index contributed by atoms with van der Waals surface area (Å²) >= 11 is 0. The lowest BCUT2D eigenvalue weighted by Gasteiger charge is -2.56. The van der Waals surface area contributed by atoms with E-state index in [-0.39, 0.29) is 0 Å². The largest absolute Gasteiger partial charge is 0.480 e. The van der Waals surface area contributed by atoms with Crippen molar-refractivity contribution in [3.63, 3.8) is 0 Å². The van der Waals surface area contributed by atoms with E-state index in [2.05, 4.69) is 5.16 Å². The van der Waals surface area contributed by atoms with Crippen LogP contribution >= 0.6 is 0 Å². The quantitative estimate of drug-likeness (QED) is 0.619. The highest BCUT2D eigenvalue weighted by Crippen LogP contribution is 2.45. The number of carboxylic acids is 1. The van der Waals surface area contributed by atoms with Crippen molar-refractivity contribution in [2.45, 2.75) is 24.5 Å². The van der Waals surface area contributed by atoms with Crippen molar-refractivity contribution in [2.75, 3.05) is 13.6 Å². The Labute approximate surface area is 76.0 Å². The maximum absolute atomic E-state index is 11.1. The SMILES string of the molecule is CN1CC2(CC=NO2)C1(C)C(=O)O. The molecular weight excluding hydrogens is 172 g/mol. The Balaban J connectivity index is 2.30. The number of aliphatic carboxylic acids is 1. The van der Waals surface area contributed by atoms with Gasteiger partial charge in [-0.25, -0.2) is 0 Å². The van der Waals surface area contributed by atoms with Crippen molar-refractivity contribution >= 4 is 12.2 Å². The molecule has 5 heteroatoms. The van der Waals surface area contributed by atoms with Crippen molar-refractivity contribution < 1.29 is 14.7 Å². The lowest BCUT2D eigenvalue weighted by Crippen LogP contribution is -2.79. The summed E-state index contributed by atoms with van der Waals surface area (Å²) in [5.74, 6) is -0.855. The fourth-order valence-electron chi connectivity index (χ4n) is 2.05. The Kier molecular flexibility index (Phi) is 1.46. The first-order chi connectivity index (χ1) is 6.03. The molecule has 0 aromatic carbocycles. The van der Waals surface area contributed by atoms with Crippen molar-refractivity contribution in [1.82, 2.24) is 4.90 Å². The summed E-state index contributed by atoms with van der Waals surface area (Å²) in [6.07, 6.45) is 2.22. The number of hydrogen-bond donors (Lipinski definition) is 1. The van der Waals surface area contributed by atoms with Gasteiger partial charge in [-0.05, 0) is 14.0 Å². The molecule has 0 aromatic rings. The van der Waals surface area contributed by atoms with Gasteiger partial charge in [-0.3, -0.25) is 9.69 Å². The molecule has 1 N–H and O–H groups in total. The highest BCUT2D eigenvalue weighted by Gasteiger charge is 2.68. The molecule has 2 atom stereocenters. The van der Waals surface area contributed by atoms with Gasteiger partial charge in [0.05, 0.1) is 0 Å². The second kappa shape index (κ2) is 2.23. The van der Waals surface area contributed by atoms with E-state index in [1.165, 1.54) is 0 Å². The van der Waals surface area contributed by atoms with Crippen molar-refractivity contribution in [3.05, 3.63) is 0 Å². The van der Waals surface area contributed by atoms with E-state index in [0.717, 1.165) is 0 Å². The molecule has 5 nitrogen and oxygen atoms in total. The summed E-state index contributed by atoms with van der Waals surface area (Å²) in [5.41, 5.74) is -1.57. The van der Waals surface area contributed by atoms with Crippen LogP contribution in [0, 0.1) is 0 Å². The highest BCUT2D eigenvalue weighted by atomic mass is 16.7. The Morgan fingerprint density at radius 2 is 2.46 bits per heavy atom. The summed E-state index contributed by atoms with van der Waals surface area (Å²) in [6, 6.07) is 0. The van der Waals surface area contributed by atoms with Gasteiger partial charge in [0, 0.05) is 19.2 Å². The van der Waals surface area contributed by atoms with Gasteiger partial charge in [-0.15, -0.1) is 0 Å². The standard InChI is InChI=1S/C8H12N2O3/c1-7(6(11)12)8(5-10(7)2)3-4-9-13-8/h4H,3,5H2,1-2H3,(H,11,12). The van der Waals surface area contributed by atoms with Crippen LogP contribution in [0.15, 0.2) is 5.16 Å². The Bertz CT molecular complexity index is 281. The highest BCUT2D eigenvalue weighted by molar-refractivity contribution is 5.83. The average molecular weight is 184 g/mol. The normalized spacial score (nSPS) is 43.2. The Morgan fingerprint density at radius 3 is 2.85 bits per heavy atom. The lowest BCUT2D eigenvalue weighted by atomic mass is 9.70. The molecule has 0 radical (unpaired) electrons. The lowest BCUT2D eigenvalue weighted by molar-refractivity contribution is -0.225. The van der Waals surface area contributed by atoms with Crippen LogP contribution in [0.1, 0.15) is 13.3 Å². The zero-order chi connectivity index (χ0) is 9.69. The van der Waals surface area contributed by atoms with Crippen molar-refractivity contribution in [1.29, 1.82) is 0 Å². The zero-order valence-electron chi connectivity index (χ0n) is 7.65. The van der Waals surface area contributed by atoms with E-state index in [1.54, 1.807) is 25.1 Å². The molecule has 1 saturated heterocycles. The maximum atomic E-state index is 11.1. The average Bonchev–Trinajstić information content (AvgIpc) is 2.54. The van der Waals surface area contributed by atoms with Gasteiger partial charge in [-0.2, -0.15) is 0 Å². The molecule has 13 heavy (non-hydrogen) atoms. The van der Waals surface area contributed by atoms with Crippen LogP contribution in [0.3, 0.4) is 0 Å². The van der Waals surface area contributed by atoms with Crippen molar-refractivity contribution in [3.8, 4) is 0 Å². The minimum atomic E-state index is -0.941. The zero-order valence-corrected chi connectivity index (χ0v) is 7.65. The molecule has 1 spiro atoms. The van der Waals surface area contributed by atoms with E-state index >= 15 is 0 Å². The van der Waals surface area contributed by atoms with E-state index in [4.69, 9.17) is 9.94 Å². The second-order valence-electron chi connectivity index (χ2n) is 3.81. The van der Waals surface area contributed by atoms with E-state index in [0.29, 0.717) is 13.0 Å². The Morgan fingerprint density at radius 1 is 1.77 bits per heavy atom. The van der Waals surface area contributed by atoms with E-state index < -0.39 is 17.1 Å². The minimum absolute atomic E-state index is 0.583. The number of rotatable bonds is 1. The molecule has 0 aliphatic carbocycles. The molecule has 0 saturated carbocycles. The molecule has 2 aliphatic rings. The molecule has 0 amide bonds. The molecule has 0 aromatic heterocycles. The third-order valence-corrected chi connectivity index (χ3v) is 3.28. The van der Waals surface area contributed by atoms with E-state index in [1.807, 2.05) is 0 Å². The third-order valence-electron chi connectivity index (χ3n) is 3.28. The van der Waals surface area contributed by atoms with Crippen LogP contribution in [-0.4, -0.2) is 46.9 Å². The number of likely N-dealkylation sites (N-methyl/N-ethyl adjacent to an activating group) is 1. The summed E-state index contributed by atoms with van der Waals surface area (Å²) in [7, 11) is 1.78. The van der Waals surface area contributed by atoms with Crippen molar-refractivity contribution in [2.24, 2.45) is 5.16 Å². The monoisotopic (exact) mass is 184 g/mol. The molecule has 1 fully saturated rings. The number of nitrogens with zero attached hydrogens (tertiary/aromatic N) is 2. The third kappa shape index (κ3) is 0.751. The summed E-state index contributed by atoms with van der Waals surface area (Å²) in [4.78, 5) is 18.0. The van der Waals surface area contributed by atoms with Crippen LogP contribution in [0.25, 0.3) is 0 Å². The Hall–Kier alpha value is -1.10. The fraction of sp³-hybridized carbons (Fsp3) is 0.750. The molecule has 72 valence electrons. The van der Waals surface area contributed by atoms with Crippen LogP contribution in [0.2, 0.25) is 0 Å². The first-order valence-electron chi connectivity index (χ1n) is 4.18. The first-order valence-corrected chi connectivity index (χ1v) is 4.18. The summed E-state index contributed by atoms with van der Waals surface area (Å²) < 4.78 is 0. The molecule has 2 aliphatic heterocycles. The second-order valence-corrected chi connectivity index (χ2v) is 3.81. The van der Waals surface area contributed by atoms with Gasteiger partial charge in [0.15, 0.2) is 11.1 Å². The maximum Gasteiger partial charge on any atom is 0.328 e. The minimum Gasteiger partial charge on any atom is -0.480 e. The first kappa shape index (κ1) is 8.50. The van der Waals surface area contributed by atoms with Crippen LogP contribution in [0.4, 0.5) is 0 Å². The predicted molar refractivity (Wildman–Crippen MR) is 45.6 cm³/mol. The molecule has 2 unspecified atom stereocenters. The fourth-order valence-corrected chi connectivity index (χ4v) is 2.05. The van der Waals surface area contributed by atoms with Gasteiger partial charge < -0.3 is 9.94 Å². The summed E-state index contributed by atoms with van der Waals surface area (Å²) in [5, 5.41) is 12.8. The molecule has 2 heterocycles. The molecular formula is C8H12N2O3. The van der Waals surface area contributed by atoms with Crippen LogP contribution < -0.4 is 0 Å². The van der Waals surface area contributed by atoms with E-state index in [9.17, 15) is 4.79 Å². The van der Waals surface area contributed by atoms with Crippen LogP contribution in [-0.2, 0) is 9.63 Å². The number of carbonyl (C=O) groups is 1.